The second kappa shape index (κ2) is 7.98. The van der Waals surface area contributed by atoms with E-state index in [2.05, 4.69) is 27.3 Å². The van der Waals surface area contributed by atoms with Crippen molar-refractivity contribution in [1.82, 2.24) is 5.43 Å². The van der Waals surface area contributed by atoms with Gasteiger partial charge in [-0.05, 0) is 30.3 Å². The van der Waals surface area contributed by atoms with Gasteiger partial charge in [-0.1, -0.05) is 40.0 Å². The zero-order valence-electron chi connectivity index (χ0n) is 14.4. The van der Waals surface area contributed by atoms with Crippen LogP contribution in [0.15, 0.2) is 52.5 Å². The first-order valence-corrected chi connectivity index (χ1v) is 8.70. The van der Waals surface area contributed by atoms with Crippen molar-refractivity contribution in [3.05, 3.63) is 58.1 Å². The Kier molecular flexibility index (Phi) is 5.48. The number of hydrogen-bond acceptors (Lipinski definition) is 4. The Hall–Kier alpha value is -3.24. The van der Waals surface area contributed by atoms with Crippen LogP contribution in [0.1, 0.15) is 5.56 Å². The van der Waals surface area contributed by atoms with Gasteiger partial charge < -0.3 is 9.47 Å². The predicted octanol–water partition coefficient (Wildman–Crippen LogP) is 2.93. The zero-order chi connectivity index (χ0) is 19.4. The van der Waals surface area contributed by atoms with Crippen LogP contribution < -0.4 is 19.9 Å². The molecule has 6 nitrogen and oxygen atoms in total. The molecular weight excluding hydrogens is 412 g/mol. The summed E-state index contributed by atoms with van der Waals surface area (Å²) in [6.45, 7) is 0.0183. The summed E-state index contributed by atoms with van der Waals surface area (Å²) in [4.78, 5) is 25.1. The van der Waals surface area contributed by atoms with Gasteiger partial charge in [0.05, 0.1) is 12.8 Å². The van der Waals surface area contributed by atoms with E-state index in [1.165, 1.54) is 18.2 Å². The minimum atomic E-state index is -0.509. The van der Waals surface area contributed by atoms with Gasteiger partial charge in [-0.3, -0.25) is 15.0 Å². The quantitative estimate of drug-likeness (QED) is 0.453. The van der Waals surface area contributed by atoms with Gasteiger partial charge in [0.2, 0.25) is 0 Å². The smallest absolute Gasteiger partial charge is 0.282 e. The Balaban J connectivity index is 2.03. The van der Waals surface area contributed by atoms with E-state index < -0.39 is 11.8 Å². The van der Waals surface area contributed by atoms with Gasteiger partial charge in [0.1, 0.15) is 12.2 Å². The van der Waals surface area contributed by atoms with Crippen LogP contribution in [0.3, 0.4) is 0 Å². The fraction of sp³-hybridized carbons (Fsp3) is 0.100. The van der Waals surface area contributed by atoms with Crippen molar-refractivity contribution in [3.63, 3.8) is 0 Å². The molecular formula is C20H15BrN2O4. The molecule has 1 fully saturated rings. The van der Waals surface area contributed by atoms with Crippen molar-refractivity contribution in [1.29, 1.82) is 0 Å². The number of nitrogens with one attached hydrogen (secondary N) is 1. The number of rotatable bonds is 5. The number of halogens is 1. The number of methoxy groups -OCH3 is 1. The summed E-state index contributed by atoms with van der Waals surface area (Å²) in [5.41, 5.74) is 3.59. The minimum absolute atomic E-state index is 0.0183. The lowest BCUT2D eigenvalue weighted by molar-refractivity contribution is -0.117. The molecule has 7 heteroatoms. The lowest BCUT2D eigenvalue weighted by Crippen LogP contribution is -2.35. The fourth-order valence-corrected chi connectivity index (χ4v) is 3.04. The number of anilines is 1. The van der Waals surface area contributed by atoms with Gasteiger partial charge in [0.15, 0.2) is 11.5 Å². The SMILES string of the molecule is C#CCOc1c(/C=C2\C(=O)NN(c3ccccc3)C2=O)cc(Br)cc1OC. The number of hydrogen-bond donors (Lipinski definition) is 1. The van der Waals surface area contributed by atoms with E-state index in [1.807, 2.05) is 6.07 Å². The molecule has 3 rings (SSSR count). The summed E-state index contributed by atoms with van der Waals surface area (Å²) < 4.78 is 11.6. The Morgan fingerprint density at radius 2 is 2.00 bits per heavy atom. The third-order valence-electron chi connectivity index (χ3n) is 3.77. The first-order valence-electron chi connectivity index (χ1n) is 7.91. The van der Waals surface area contributed by atoms with E-state index in [4.69, 9.17) is 15.9 Å². The maximum absolute atomic E-state index is 12.7. The summed E-state index contributed by atoms with van der Waals surface area (Å²) in [7, 11) is 1.49. The number of para-hydroxylation sites is 1. The number of hydrazine groups is 1. The molecule has 0 atom stereocenters. The molecule has 1 heterocycles. The first-order chi connectivity index (χ1) is 13.0. The van der Waals surface area contributed by atoms with Crippen LogP contribution in [0.5, 0.6) is 11.5 Å². The maximum Gasteiger partial charge on any atom is 0.282 e. The van der Waals surface area contributed by atoms with E-state index >= 15 is 0 Å². The number of ether oxygens (including phenoxy) is 2. The van der Waals surface area contributed by atoms with Crippen LogP contribution in [0.4, 0.5) is 5.69 Å². The third kappa shape index (κ3) is 3.81. The van der Waals surface area contributed by atoms with Crippen LogP contribution in [0, 0.1) is 12.3 Å². The average Bonchev–Trinajstić information content (AvgIpc) is 2.95. The molecule has 2 aromatic carbocycles. The van der Waals surface area contributed by atoms with Crippen LogP contribution >= 0.6 is 15.9 Å². The van der Waals surface area contributed by atoms with Gasteiger partial charge in [0.25, 0.3) is 11.8 Å². The lowest BCUT2D eigenvalue weighted by atomic mass is 10.1. The molecule has 1 aliphatic rings. The van der Waals surface area contributed by atoms with Crippen LogP contribution in [0.25, 0.3) is 6.08 Å². The van der Waals surface area contributed by atoms with Crippen molar-refractivity contribution in [2.45, 2.75) is 0 Å². The van der Waals surface area contributed by atoms with Gasteiger partial charge in [-0.25, -0.2) is 5.01 Å². The Bertz CT molecular complexity index is 964. The summed E-state index contributed by atoms with van der Waals surface area (Å²) in [5, 5.41) is 1.20. The van der Waals surface area contributed by atoms with Gasteiger partial charge in [-0.15, -0.1) is 6.42 Å². The molecule has 2 aromatic rings. The number of carbonyl (C=O) groups excluding carboxylic acids is 2. The van der Waals surface area contributed by atoms with E-state index in [0.717, 1.165) is 0 Å². The number of amides is 2. The number of carbonyl (C=O) groups is 2. The molecule has 1 saturated heterocycles. The predicted molar refractivity (Wildman–Crippen MR) is 105 cm³/mol. The molecule has 0 spiro atoms. The highest BCUT2D eigenvalue weighted by Gasteiger charge is 2.34. The van der Waals surface area contributed by atoms with Crippen LogP contribution in [-0.2, 0) is 9.59 Å². The topological polar surface area (TPSA) is 67.9 Å². The average molecular weight is 427 g/mol. The summed E-state index contributed by atoms with van der Waals surface area (Å²) in [6.07, 6.45) is 6.73. The van der Waals surface area contributed by atoms with Crippen LogP contribution in [0.2, 0.25) is 0 Å². The van der Waals surface area contributed by atoms with Crippen molar-refractivity contribution in [2.75, 3.05) is 18.7 Å². The summed E-state index contributed by atoms with van der Waals surface area (Å²) in [5.74, 6) is 2.19. The molecule has 136 valence electrons. The molecule has 0 saturated carbocycles. The molecule has 1 N–H and O–H groups in total. The largest absolute Gasteiger partial charge is 0.493 e. The first kappa shape index (κ1) is 18.5. The van der Waals surface area contributed by atoms with E-state index in [0.29, 0.717) is 27.2 Å². The highest BCUT2D eigenvalue weighted by Crippen LogP contribution is 2.36. The van der Waals surface area contributed by atoms with Crippen LogP contribution in [-0.4, -0.2) is 25.5 Å². The summed E-state index contributed by atoms with van der Waals surface area (Å²) in [6, 6.07) is 12.3. The van der Waals surface area contributed by atoms with Crippen molar-refractivity contribution >= 4 is 39.5 Å². The fourth-order valence-electron chi connectivity index (χ4n) is 2.59. The molecule has 27 heavy (non-hydrogen) atoms. The van der Waals surface area contributed by atoms with E-state index in [9.17, 15) is 9.59 Å². The number of terminal acetylenes is 1. The van der Waals surface area contributed by atoms with E-state index in [-0.39, 0.29) is 12.2 Å². The second-order valence-electron chi connectivity index (χ2n) is 5.49. The molecule has 0 radical (unpaired) electrons. The maximum atomic E-state index is 12.7. The minimum Gasteiger partial charge on any atom is -0.493 e. The molecule has 0 bridgehead atoms. The molecule has 2 amide bonds. The second-order valence-corrected chi connectivity index (χ2v) is 6.41. The molecule has 0 unspecified atom stereocenters. The van der Waals surface area contributed by atoms with Crippen molar-refractivity contribution in [3.8, 4) is 23.8 Å². The highest BCUT2D eigenvalue weighted by molar-refractivity contribution is 9.10. The Morgan fingerprint density at radius 1 is 1.26 bits per heavy atom. The number of nitrogens with zero attached hydrogens (tertiary/aromatic N) is 1. The number of benzene rings is 2. The molecule has 1 aliphatic heterocycles. The summed E-state index contributed by atoms with van der Waals surface area (Å²) >= 11 is 3.38. The zero-order valence-corrected chi connectivity index (χ0v) is 15.9. The Labute approximate surface area is 164 Å². The molecule has 0 aromatic heterocycles. The lowest BCUT2D eigenvalue weighted by Gasteiger charge is -2.14. The van der Waals surface area contributed by atoms with Gasteiger partial charge in [-0.2, -0.15) is 0 Å². The van der Waals surface area contributed by atoms with Crippen molar-refractivity contribution in [2.24, 2.45) is 0 Å². The molecule has 0 aliphatic carbocycles. The monoisotopic (exact) mass is 426 g/mol. The standard InChI is InChI=1S/C20H15BrN2O4/c1-3-9-27-18-13(10-14(21)12-17(18)26-2)11-16-19(24)22-23(20(16)25)15-7-5-4-6-8-15/h1,4-8,10-12H,9H2,2H3,(H,22,24)/b16-11+. The third-order valence-corrected chi connectivity index (χ3v) is 4.23. The highest BCUT2D eigenvalue weighted by atomic mass is 79.9. The van der Waals surface area contributed by atoms with Crippen molar-refractivity contribution < 1.29 is 19.1 Å². The van der Waals surface area contributed by atoms with Gasteiger partial charge >= 0.3 is 0 Å². The Morgan fingerprint density at radius 3 is 2.67 bits per heavy atom. The van der Waals surface area contributed by atoms with Gasteiger partial charge in [0, 0.05) is 10.0 Å². The normalized spacial score (nSPS) is 14.9. The van der Waals surface area contributed by atoms with E-state index in [1.54, 1.807) is 36.4 Å².